The van der Waals surface area contributed by atoms with E-state index in [0.717, 1.165) is 4.68 Å². The zero-order valence-corrected chi connectivity index (χ0v) is 9.38. The van der Waals surface area contributed by atoms with Crippen molar-refractivity contribution < 1.29 is 13.2 Å². The first kappa shape index (κ1) is 13.0. The summed E-state index contributed by atoms with van der Waals surface area (Å²) >= 11 is 0. The van der Waals surface area contributed by atoms with Crippen molar-refractivity contribution in [2.75, 3.05) is 0 Å². The lowest BCUT2D eigenvalue weighted by Crippen LogP contribution is -2.21. The van der Waals surface area contributed by atoms with Crippen LogP contribution in [0.5, 0.6) is 0 Å². The van der Waals surface area contributed by atoms with Crippen molar-refractivity contribution in [1.29, 1.82) is 0 Å². The van der Waals surface area contributed by atoms with Crippen molar-refractivity contribution in [3.05, 3.63) is 17.5 Å². The maximum atomic E-state index is 12.8. The molecule has 16 heavy (non-hydrogen) atoms. The minimum absolute atomic E-state index is 0.0550. The molecule has 0 atom stereocenters. The molecule has 0 bridgehead atoms. The van der Waals surface area contributed by atoms with Gasteiger partial charge >= 0.3 is 6.18 Å². The Labute approximate surface area is 92.4 Å². The fourth-order valence-corrected chi connectivity index (χ4v) is 1.77. The van der Waals surface area contributed by atoms with Crippen LogP contribution in [0.25, 0.3) is 0 Å². The van der Waals surface area contributed by atoms with E-state index in [0.29, 0.717) is 12.8 Å². The third-order valence-electron chi connectivity index (χ3n) is 2.65. The summed E-state index contributed by atoms with van der Waals surface area (Å²) in [4.78, 5) is 0. The molecule has 6 heteroatoms. The number of nitrogens with zero attached hydrogens (tertiary/aromatic N) is 2. The van der Waals surface area contributed by atoms with Crippen molar-refractivity contribution in [3.63, 3.8) is 0 Å². The van der Waals surface area contributed by atoms with Crippen LogP contribution in [0.3, 0.4) is 0 Å². The molecule has 0 amide bonds. The summed E-state index contributed by atoms with van der Waals surface area (Å²) in [6.45, 7) is 3.55. The molecule has 1 aromatic rings. The molecule has 2 N–H and O–H groups in total. The maximum absolute atomic E-state index is 12.8. The Bertz CT molecular complexity index is 340. The van der Waals surface area contributed by atoms with E-state index in [9.17, 15) is 13.2 Å². The van der Waals surface area contributed by atoms with Gasteiger partial charge in [-0.2, -0.15) is 18.3 Å². The molecule has 0 aliphatic carbocycles. The quantitative estimate of drug-likeness (QED) is 0.872. The third-order valence-corrected chi connectivity index (χ3v) is 2.65. The van der Waals surface area contributed by atoms with E-state index < -0.39 is 11.9 Å². The van der Waals surface area contributed by atoms with Crippen LogP contribution in [-0.2, 0) is 12.7 Å². The van der Waals surface area contributed by atoms with E-state index >= 15 is 0 Å². The molecule has 0 aromatic carbocycles. The average molecular weight is 235 g/mol. The highest BCUT2D eigenvalue weighted by molar-refractivity contribution is 5.21. The highest BCUT2D eigenvalue weighted by Crippen LogP contribution is 2.34. The lowest BCUT2D eigenvalue weighted by molar-refractivity contribution is -0.145. The van der Waals surface area contributed by atoms with Gasteiger partial charge < -0.3 is 5.73 Å². The molecule has 0 radical (unpaired) electrons. The molecule has 0 aliphatic heterocycles. The van der Waals surface area contributed by atoms with Crippen LogP contribution in [0.1, 0.15) is 44.0 Å². The van der Waals surface area contributed by atoms with Crippen LogP contribution in [0.15, 0.2) is 6.20 Å². The van der Waals surface area contributed by atoms with Crippen molar-refractivity contribution in [3.8, 4) is 0 Å². The predicted molar refractivity (Wildman–Crippen MR) is 54.7 cm³/mol. The average Bonchev–Trinajstić information content (AvgIpc) is 2.63. The van der Waals surface area contributed by atoms with Crippen molar-refractivity contribution >= 4 is 0 Å². The van der Waals surface area contributed by atoms with Crippen LogP contribution in [0, 0.1) is 0 Å². The van der Waals surface area contributed by atoms with Gasteiger partial charge in [0.1, 0.15) is 5.69 Å². The van der Waals surface area contributed by atoms with Crippen molar-refractivity contribution in [2.24, 2.45) is 5.73 Å². The maximum Gasteiger partial charge on any atom is 0.433 e. The first-order chi connectivity index (χ1) is 7.45. The molecule has 3 nitrogen and oxygen atoms in total. The van der Waals surface area contributed by atoms with Gasteiger partial charge in [-0.3, -0.25) is 4.68 Å². The molecule has 0 unspecified atom stereocenters. The molecule has 0 saturated carbocycles. The summed E-state index contributed by atoms with van der Waals surface area (Å²) in [5, 5.41) is 3.81. The van der Waals surface area contributed by atoms with Gasteiger partial charge in [-0.25, -0.2) is 0 Å². The number of alkyl halides is 3. The van der Waals surface area contributed by atoms with E-state index in [1.165, 1.54) is 6.20 Å². The number of halogens is 3. The van der Waals surface area contributed by atoms with Crippen LogP contribution in [0.4, 0.5) is 13.2 Å². The second kappa shape index (κ2) is 4.86. The van der Waals surface area contributed by atoms with Gasteiger partial charge in [0, 0.05) is 12.1 Å². The molecular formula is C10H16F3N3. The molecule has 1 aromatic heterocycles. The lowest BCUT2D eigenvalue weighted by Gasteiger charge is -2.18. The molecule has 0 spiro atoms. The second-order valence-electron chi connectivity index (χ2n) is 3.64. The summed E-state index contributed by atoms with van der Waals surface area (Å²) in [5.74, 6) is 0. The highest BCUT2D eigenvalue weighted by Gasteiger charge is 2.38. The fraction of sp³-hybridized carbons (Fsp3) is 0.700. The Morgan fingerprint density at radius 2 is 1.94 bits per heavy atom. The first-order valence-corrected chi connectivity index (χ1v) is 5.29. The van der Waals surface area contributed by atoms with Gasteiger partial charge in [-0.1, -0.05) is 13.8 Å². The predicted octanol–water partition coefficient (Wildman–Crippen LogP) is 2.72. The van der Waals surface area contributed by atoms with Crippen LogP contribution in [-0.4, -0.2) is 9.78 Å². The Morgan fingerprint density at radius 3 is 2.31 bits per heavy atom. The molecular weight excluding hydrogens is 219 g/mol. The van der Waals surface area contributed by atoms with Crippen LogP contribution in [0.2, 0.25) is 0 Å². The number of rotatable bonds is 4. The van der Waals surface area contributed by atoms with Crippen molar-refractivity contribution in [1.82, 2.24) is 9.78 Å². The van der Waals surface area contributed by atoms with Gasteiger partial charge in [0.2, 0.25) is 0 Å². The zero-order valence-electron chi connectivity index (χ0n) is 9.38. The van der Waals surface area contributed by atoms with E-state index in [1.54, 1.807) is 0 Å². The first-order valence-electron chi connectivity index (χ1n) is 5.29. The largest absolute Gasteiger partial charge is 0.433 e. The summed E-state index contributed by atoms with van der Waals surface area (Å²) in [6, 6.07) is -0.225. The summed E-state index contributed by atoms with van der Waals surface area (Å²) < 4.78 is 39.6. The second-order valence-corrected chi connectivity index (χ2v) is 3.64. The summed E-state index contributed by atoms with van der Waals surface area (Å²) in [6.07, 6.45) is -1.95. The minimum atomic E-state index is -4.40. The topological polar surface area (TPSA) is 43.8 Å². The molecule has 92 valence electrons. The number of hydrogen-bond donors (Lipinski definition) is 1. The van der Waals surface area contributed by atoms with E-state index in [-0.39, 0.29) is 18.2 Å². The van der Waals surface area contributed by atoms with Gasteiger partial charge in [-0.15, -0.1) is 0 Å². The van der Waals surface area contributed by atoms with Gasteiger partial charge in [-0.05, 0) is 12.8 Å². The Morgan fingerprint density at radius 1 is 1.38 bits per heavy atom. The van der Waals surface area contributed by atoms with E-state index in [1.807, 2.05) is 13.8 Å². The summed E-state index contributed by atoms with van der Waals surface area (Å²) in [7, 11) is 0. The molecule has 0 fully saturated rings. The van der Waals surface area contributed by atoms with Crippen molar-refractivity contribution in [2.45, 2.75) is 45.5 Å². The van der Waals surface area contributed by atoms with Crippen LogP contribution < -0.4 is 5.73 Å². The Kier molecular flexibility index (Phi) is 3.96. The van der Waals surface area contributed by atoms with Gasteiger partial charge in [0.25, 0.3) is 0 Å². The molecule has 1 rings (SSSR count). The minimum Gasteiger partial charge on any atom is -0.326 e. The highest BCUT2D eigenvalue weighted by atomic mass is 19.4. The van der Waals surface area contributed by atoms with Gasteiger partial charge in [0.05, 0.1) is 12.2 Å². The van der Waals surface area contributed by atoms with E-state index in [2.05, 4.69) is 5.10 Å². The molecule has 1 heterocycles. The Balaban J connectivity index is 3.24. The summed E-state index contributed by atoms with van der Waals surface area (Å²) in [5.41, 5.74) is 4.64. The smallest absolute Gasteiger partial charge is 0.326 e. The SMILES string of the molecule is CCC(CC)n1ncc(CN)c1C(F)(F)F. The lowest BCUT2D eigenvalue weighted by atomic mass is 10.1. The number of aromatic nitrogens is 2. The van der Waals surface area contributed by atoms with Gasteiger partial charge in [0.15, 0.2) is 0 Å². The van der Waals surface area contributed by atoms with Crippen LogP contribution >= 0.6 is 0 Å². The third kappa shape index (κ3) is 2.37. The zero-order chi connectivity index (χ0) is 12.3. The van der Waals surface area contributed by atoms with E-state index in [4.69, 9.17) is 5.73 Å². The normalized spacial score (nSPS) is 12.4. The number of nitrogens with two attached hydrogens (primary N) is 1. The molecule has 0 aliphatic rings. The molecule has 0 saturated heterocycles. The standard InChI is InChI=1S/C10H16F3N3/c1-3-8(4-2)16-9(10(11,12)13)7(5-14)6-15-16/h6,8H,3-5,14H2,1-2H3. The fourth-order valence-electron chi connectivity index (χ4n) is 1.77. The monoisotopic (exact) mass is 235 g/mol. The Hall–Kier alpha value is -1.04. The number of hydrogen-bond acceptors (Lipinski definition) is 2.